The molecule has 4 rings (SSSR count). The van der Waals surface area contributed by atoms with Crippen LogP contribution in [-0.2, 0) is 0 Å². The number of carbonyl (C=O) groups excluding carboxylic acids is 1. The highest BCUT2D eigenvalue weighted by atomic mass is 16.3. The molecule has 0 fully saturated rings. The molecule has 0 saturated carbocycles. The highest BCUT2D eigenvalue weighted by Gasteiger charge is 2.42. The fourth-order valence-electron chi connectivity index (χ4n) is 4.61. The highest BCUT2D eigenvalue weighted by molar-refractivity contribution is 5.99. The maximum absolute atomic E-state index is 13.7. The first kappa shape index (κ1) is 22.3. The van der Waals surface area contributed by atoms with E-state index in [1.807, 2.05) is 62.1 Å². The Hall–Kier alpha value is -2.92. The van der Waals surface area contributed by atoms with E-state index in [9.17, 15) is 9.59 Å². The second kappa shape index (κ2) is 8.91. The third kappa shape index (κ3) is 3.86. The largest absolute Gasteiger partial charge is 0.450 e. The van der Waals surface area contributed by atoms with Gasteiger partial charge in [0.05, 0.1) is 17.0 Å². The molecule has 5 heteroatoms. The molecule has 5 nitrogen and oxygen atoms in total. The molecule has 0 aliphatic carbocycles. The van der Waals surface area contributed by atoms with Gasteiger partial charge in [-0.25, -0.2) is 0 Å². The van der Waals surface area contributed by atoms with Crippen molar-refractivity contribution < 1.29 is 9.21 Å². The zero-order valence-corrected chi connectivity index (χ0v) is 19.7. The summed E-state index contributed by atoms with van der Waals surface area (Å²) < 4.78 is 6.11. The van der Waals surface area contributed by atoms with Crippen LogP contribution in [0.15, 0.2) is 45.6 Å². The quantitative estimate of drug-likeness (QED) is 0.527. The van der Waals surface area contributed by atoms with Gasteiger partial charge in [-0.05, 0) is 75.6 Å². The molecule has 1 unspecified atom stereocenters. The Morgan fingerprint density at radius 2 is 1.62 bits per heavy atom. The number of hydrogen-bond donors (Lipinski definition) is 0. The smallest absolute Gasteiger partial charge is 0.290 e. The number of amides is 1. The Balaban J connectivity index is 1.82. The minimum atomic E-state index is -0.419. The molecule has 2 aromatic carbocycles. The summed E-state index contributed by atoms with van der Waals surface area (Å²) in [5, 5.41) is 0.543. The molecule has 1 aliphatic heterocycles. The van der Waals surface area contributed by atoms with Gasteiger partial charge in [-0.1, -0.05) is 43.7 Å². The maximum Gasteiger partial charge on any atom is 0.290 e. The molecule has 0 N–H and O–H groups in total. The van der Waals surface area contributed by atoms with Gasteiger partial charge in [0.2, 0.25) is 5.76 Å². The lowest BCUT2D eigenvalue weighted by atomic mass is 9.97. The van der Waals surface area contributed by atoms with E-state index in [-0.39, 0.29) is 17.1 Å². The van der Waals surface area contributed by atoms with Crippen molar-refractivity contribution in [3.63, 3.8) is 0 Å². The second-order valence-electron chi connectivity index (χ2n) is 8.80. The zero-order chi connectivity index (χ0) is 23.0. The lowest BCUT2D eigenvalue weighted by Crippen LogP contribution is -2.33. The van der Waals surface area contributed by atoms with Crippen molar-refractivity contribution in [2.24, 2.45) is 0 Å². The van der Waals surface area contributed by atoms with Crippen LogP contribution in [0.1, 0.15) is 64.7 Å². The van der Waals surface area contributed by atoms with Crippen LogP contribution in [0.5, 0.6) is 0 Å². The van der Waals surface area contributed by atoms with Gasteiger partial charge in [0.15, 0.2) is 5.43 Å². The minimum Gasteiger partial charge on any atom is -0.450 e. The number of benzene rings is 2. The summed E-state index contributed by atoms with van der Waals surface area (Å²) in [5.74, 6) is 0.00140. The van der Waals surface area contributed by atoms with Gasteiger partial charge in [-0.15, -0.1) is 0 Å². The Labute approximate surface area is 189 Å². The topological polar surface area (TPSA) is 53.8 Å². The predicted molar refractivity (Wildman–Crippen MR) is 128 cm³/mol. The number of rotatable bonds is 7. The molecule has 168 valence electrons. The highest BCUT2D eigenvalue weighted by Crippen LogP contribution is 2.38. The van der Waals surface area contributed by atoms with Gasteiger partial charge < -0.3 is 14.2 Å². The summed E-state index contributed by atoms with van der Waals surface area (Å²) in [6.07, 6.45) is 0.843. The Morgan fingerprint density at radius 3 is 2.28 bits per heavy atom. The molecule has 1 amide bonds. The summed E-state index contributed by atoms with van der Waals surface area (Å²) in [6.45, 7) is 13.8. The van der Waals surface area contributed by atoms with E-state index >= 15 is 0 Å². The molecule has 1 atom stereocenters. The average molecular weight is 433 g/mol. The summed E-state index contributed by atoms with van der Waals surface area (Å²) in [4.78, 5) is 31.3. The fraction of sp³-hybridized carbons (Fsp3) is 0.407. The Morgan fingerprint density at radius 1 is 0.969 bits per heavy atom. The molecule has 2 heterocycles. The van der Waals surface area contributed by atoms with E-state index < -0.39 is 6.04 Å². The van der Waals surface area contributed by atoms with Crippen molar-refractivity contribution in [2.75, 3.05) is 26.2 Å². The zero-order valence-electron chi connectivity index (χ0n) is 19.7. The van der Waals surface area contributed by atoms with E-state index in [0.29, 0.717) is 23.1 Å². The van der Waals surface area contributed by atoms with Crippen molar-refractivity contribution in [1.82, 2.24) is 9.80 Å². The van der Waals surface area contributed by atoms with Gasteiger partial charge in [0.25, 0.3) is 5.91 Å². The molecule has 1 aromatic heterocycles. The van der Waals surface area contributed by atoms with Crippen LogP contribution in [-0.4, -0.2) is 41.9 Å². The number of fused-ring (bicyclic) bond motifs is 2. The third-order valence-electron chi connectivity index (χ3n) is 6.74. The van der Waals surface area contributed by atoms with Gasteiger partial charge in [-0.2, -0.15) is 0 Å². The van der Waals surface area contributed by atoms with Crippen molar-refractivity contribution in [3.8, 4) is 0 Å². The van der Waals surface area contributed by atoms with Gasteiger partial charge in [0, 0.05) is 6.54 Å². The number of aryl methyl sites for hydroxylation is 3. The monoisotopic (exact) mass is 432 g/mol. The minimum absolute atomic E-state index is 0.102. The number of nitrogens with zero attached hydrogens (tertiary/aromatic N) is 2. The molecular weight excluding hydrogens is 400 g/mol. The first-order valence-electron chi connectivity index (χ1n) is 11.5. The fourth-order valence-corrected chi connectivity index (χ4v) is 4.61. The van der Waals surface area contributed by atoms with Crippen LogP contribution in [0.3, 0.4) is 0 Å². The SMILES string of the molecule is CCN(CC)CCCN1C(=O)c2oc3cc(C)c(C)cc3c(=O)c2C1c1ccc(C)cc1. The van der Waals surface area contributed by atoms with E-state index in [4.69, 9.17) is 4.42 Å². The van der Waals surface area contributed by atoms with E-state index in [0.717, 1.165) is 48.3 Å². The van der Waals surface area contributed by atoms with Crippen molar-refractivity contribution in [3.05, 3.63) is 80.2 Å². The Bertz CT molecular complexity index is 1210. The van der Waals surface area contributed by atoms with Crippen molar-refractivity contribution in [1.29, 1.82) is 0 Å². The first-order chi connectivity index (χ1) is 15.3. The molecule has 3 aromatic rings. The molecule has 32 heavy (non-hydrogen) atoms. The maximum atomic E-state index is 13.7. The van der Waals surface area contributed by atoms with Crippen molar-refractivity contribution in [2.45, 2.75) is 47.1 Å². The van der Waals surface area contributed by atoms with Crippen LogP contribution in [0.4, 0.5) is 0 Å². The van der Waals surface area contributed by atoms with E-state index in [1.54, 1.807) is 0 Å². The van der Waals surface area contributed by atoms with Crippen LogP contribution >= 0.6 is 0 Å². The van der Waals surface area contributed by atoms with Crippen LogP contribution in [0, 0.1) is 20.8 Å². The van der Waals surface area contributed by atoms with Crippen LogP contribution in [0.25, 0.3) is 11.0 Å². The predicted octanol–water partition coefficient (Wildman–Crippen LogP) is 5.00. The van der Waals surface area contributed by atoms with E-state index in [2.05, 4.69) is 18.7 Å². The Kier molecular flexibility index (Phi) is 6.20. The summed E-state index contributed by atoms with van der Waals surface area (Å²) in [5.41, 5.74) is 5.02. The standard InChI is InChI=1S/C27H32N2O3/c1-6-28(7-2)13-8-14-29-24(20-11-9-17(3)10-12-20)23-25(30)21-15-18(4)19(5)16-22(21)32-26(23)27(29)31/h9-12,15-16,24H,6-8,13-14H2,1-5H3. The molecule has 1 aliphatic rings. The number of hydrogen-bond acceptors (Lipinski definition) is 4. The normalized spacial score (nSPS) is 15.8. The molecular formula is C27H32N2O3. The molecule has 0 bridgehead atoms. The second-order valence-corrected chi connectivity index (χ2v) is 8.80. The van der Waals surface area contributed by atoms with Crippen LogP contribution in [0.2, 0.25) is 0 Å². The molecule has 0 saturated heterocycles. The van der Waals surface area contributed by atoms with Crippen molar-refractivity contribution >= 4 is 16.9 Å². The van der Waals surface area contributed by atoms with Crippen LogP contribution < -0.4 is 5.43 Å². The summed E-state index contributed by atoms with van der Waals surface area (Å²) >= 11 is 0. The first-order valence-corrected chi connectivity index (χ1v) is 11.5. The lowest BCUT2D eigenvalue weighted by Gasteiger charge is -2.26. The summed E-state index contributed by atoms with van der Waals surface area (Å²) in [7, 11) is 0. The molecule has 0 radical (unpaired) electrons. The lowest BCUT2D eigenvalue weighted by molar-refractivity contribution is 0.0720. The third-order valence-corrected chi connectivity index (χ3v) is 6.74. The van der Waals surface area contributed by atoms with E-state index in [1.165, 1.54) is 0 Å². The van der Waals surface area contributed by atoms with Gasteiger partial charge in [0.1, 0.15) is 5.58 Å². The van der Waals surface area contributed by atoms with Gasteiger partial charge in [-0.3, -0.25) is 9.59 Å². The summed E-state index contributed by atoms with van der Waals surface area (Å²) in [6, 6.07) is 11.4. The average Bonchev–Trinajstić information content (AvgIpc) is 3.05. The molecule has 0 spiro atoms. The number of carbonyl (C=O) groups is 1. The van der Waals surface area contributed by atoms with Gasteiger partial charge >= 0.3 is 0 Å².